The number of hydrogen-bond donors (Lipinski definition) is 1. The van der Waals surface area contributed by atoms with Crippen molar-refractivity contribution in [3.8, 4) is 0 Å². The van der Waals surface area contributed by atoms with Gasteiger partial charge in [0, 0.05) is 37.7 Å². The van der Waals surface area contributed by atoms with E-state index in [1.807, 2.05) is 13.8 Å². The first-order valence-corrected chi connectivity index (χ1v) is 9.95. The van der Waals surface area contributed by atoms with Crippen LogP contribution in [0.15, 0.2) is 28.8 Å². The summed E-state index contributed by atoms with van der Waals surface area (Å²) in [6.45, 7) is 11.0. The molecule has 1 unspecified atom stereocenters. The Morgan fingerprint density at radius 2 is 2.00 bits per heavy atom. The van der Waals surface area contributed by atoms with Crippen molar-refractivity contribution in [2.45, 2.75) is 59.5 Å². The van der Waals surface area contributed by atoms with Crippen molar-refractivity contribution in [1.29, 1.82) is 0 Å². The number of rotatable bonds is 7. The van der Waals surface area contributed by atoms with Gasteiger partial charge in [-0.05, 0) is 43.7 Å². The maximum Gasteiger partial charge on any atom is 0.220 e. The largest absolute Gasteiger partial charge is 0.361 e. The molecule has 1 aliphatic heterocycles. The van der Waals surface area contributed by atoms with Gasteiger partial charge in [-0.25, -0.2) is 0 Å². The number of aryl methyl sites for hydroxylation is 2. The monoisotopic (exact) mass is 369 g/mol. The number of hydrogen-bond acceptors (Lipinski definition) is 4. The van der Waals surface area contributed by atoms with Crippen molar-refractivity contribution >= 4 is 5.91 Å². The van der Waals surface area contributed by atoms with Crippen molar-refractivity contribution in [3.63, 3.8) is 0 Å². The van der Waals surface area contributed by atoms with Crippen LogP contribution in [-0.4, -0.2) is 35.1 Å². The van der Waals surface area contributed by atoms with Gasteiger partial charge in [0.15, 0.2) is 0 Å². The first-order valence-electron chi connectivity index (χ1n) is 9.95. The summed E-state index contributed by atoms with van der Waals surface area (Å²) in [5.41, 5.74) is 4.81. The van der Waals surface area contributed by atoms with Crippen molar-refractivity contribution in [3.05, 3.63) is 52.4 Å². The second-order valence-corrected chi connectivity index (χ2v) is 7.91. The van der Waals surface area contributed by atoms with Gasteiger partial charge in [-0.3, -0.25) is 9.69 Å². The van der Waals surface area contributed by atoms with Gasteiger partial charge in [0.05, 0.1) is 5.69 Å². The molecule has 1 N–H and O–H groups in total. The molecule has 146 valence electrons. The SMILES string of the molecule is Cc1noc(C)c1CCC(=O)NCC(C(C)C)N1CCc2ccccc2C1. The van der Waals surface area contributed by atoms with Gasteiger partial charge in [0.2, 0.25) is 5.91 Å². The molecule has 1 aliphatic rings. The molecule has 1 atom stereocenters. The van der Waals surface area contributed by atoms with E-state index in [4.69, 9.17) is 4.52 Å². The number of aromatic nitrogens is 1. The first kappa shape index (κ1) is 19.6. The third kappa shape index (κ3) is 4.78. The van der Waals surface area contributed by atoms with Crippen LogP contribution in [0.25, 0.3) is 0 Å². The molecule has 2 aromatic rings. The maximum absolute atomic E-state index is 12.4. The predicted octanol–water partition coefficient (Wildman–Crippen LogP) is 3.42. The van der Waals surface area contributed by atoms with E-state index in [1.54, 1.807) is 0 Å². The second kappa shape index (κ2) is 8.70. The molecule has 0 saturated carbocycles. The standard InChI is InChI=1S/C22H31N3O2/c1-15(2)21(25-12-11-18-7-5-6-8-19(18)14-25)13-23-22(26)10-9-20-16(3)24-27-17(20)4/h5-8,15,21H,9-14H2,1-4H3,(H,23,26). The fraction of sp³-hybridized carbons (Fsp3) is 0.545. The van der Waals surface area contributed by atoms with Gasteiger partial charge in [-0.1, -0.05) is 43.3 Å². The minimum Gasteiger partial charge on any atom is -0.361 e. The van der Waals surface area contributed by atoms with E-state index >= 15 is 0 Å². The number of carbonyl (C=O) groups excluding carboxylic acids is 1. The summed E-state index contributed by atoms with van der Waals surface area (Å²) in [5.74, 6) is 1.39. The van der Waals surface area contributed by atoms with Crippen LogP contribution in [0, 0.1) is 19.8 Å². The topological polar surface area (TPSA) is 58.4 Å². The smallest absolute Gasteiger partial charge is 0.220 e. The number of carbonyl (C=O) groups is 1. The second-order valence-electron chi connectivity index (χ2n) is 7.91. The Bertz CT molecular complexity index is 762. The van der Waals surface area contributed by atoms with Crippen LogP contribution in [0.3, 0.4) is 0 Å². The lowest BCUT2D eigenvalue weighted by Gasteiger charge is -2.38. The Kier molecular flexibility index (Phi) is 6.32. The highest BCUT2D eigenvalue weighted by atomic mass is 16.5. The highest BCUT2D eigenvalue weighted by Crippen LogP contribution is 2.23. The van der Waals surface area contributed by atoms with Crippen LogP contribution in [0.2, 0.25) is 0 Å². The van der Waals surface area contributed by atoms with Crippen LogP contribution in [0.1, 0.15) is 48.4 Å². The zero-order chi connectivity index (χ0) is 19.4. The Labute approximate surface area is 162 Å². The van der Waals surface area contributed by atoms with Crippen LogP contribution in [0.5, 0.6) is 0 Å². The van der Waals surface area contributed by atoms with Gasteiger partial charge in [0.25, 0.3) is 0 Å². The molecule has 0 aliphatic carbocycles. The summed E-state index contributed by atoms with van der Waals surface area (Å²) < 4.78 is 5.18. The van der Waals surface area contributed by atoms with E-state index in [0.717, 1.165) is 36.5 Å². The number of nitrogens with one attached hydrogen (secondary N) is 1. The number of nitrogens with zero attached hydrogens (tertiary/aromatic N) is 2. The van der Waals surface area contributed by atoms with E-state index in [1.165, 1.54) is 11.1 Å². The van der Waals surface area contributed by atoms with Gasteiger partial charge in [0.1, 0.15) is 5.76 Å². The molecule has 0 fully saturated rings. The summed E-state index contributed by atoms with van der Waals surface area (Å²) in [4.78, 5) is 14.9. The predicted molar refractivity (Wildman–Crippen MR) is 106 cm³/mol. The molecular weight excluding hydrogens is 338 g/mol. The molecule has 5 nitrogen and oxygen atoms in total. The van der Waals surface area contributed by atoms with Crippen LogP contribution >= 0.6 is 0 Å². The van der Waals surface area contributed by atoms with Crippen LogP contribution < -0.4 is 5.32 Å². The average molecular weight is 370 g/mol. The zero-order valence-corrected chi connectivity index (χ0v) is 16.9. The Morgan fingerprint density at radius 1 is 1.26 bits per heavy atom. The van der Waals surface area contributed by atoms with Gasteiger partial charge in [-0.15, -0.1) is 0 Å². The Hall–Kier alpha value is -2.14. The molecule has 3 rings (SSSR count). The number of benzene rings is 1. The maximum atomic E-state index is 12.4. The lowest BCUT2D eigenvalue weighted by Crippen LogP contribution is -2.48. The van der Waals surface area contributed by atoms with E-state index in [0.29, 0.717) is 31.3 Å². The molecule has 0 bridgehead atoms. The number of fused-ring (bicyclic) bond motifs is 1. The van der Waals surface area contributed by atoms with Gasteiger partial charge >= 0.3 is 0 Å². The third-order valence-corrected chi connectivity index (χ3v) is 5.69. The van der Waals surface area contributed by atoms with Crippen LogP contribution in [-0.2, 0) is 24.2 Å². The summed E-state index contributed by atoms with van der Waals surface area (Å²) in [7, 11) is 0. The normalized spacial score (nSPS) is 15.6. The molecule has 27 heavy (non-hydrogen) atoms. The van der Waals surface area contributed by atoms with Crippen molar-refractivity contribution in [2.24, 2.45) is 5.92 Å². The summed E-state index contributed by atoms with van der Waals surface area (Å²) in [6, 6.07) is 9.03. The fourth-order valence-electron chi connectivity index (χ4n) is 3.99. The molecule has 5 heteroatoms. The van der Waals surface area contributed by atoms with Crippen molar-refractivity contribution < 1.29 is 9.32 Å². The third-order valence-electron chi connectivity index (χ3n) is 5.69. The van der Waals surface area contributed by atoms with Gasteiger partial charge in [-0.2, -0.15) is 0 Å². The van der Waals surface area contributed by atoms with E-state index in [9.17, 15) is 4.79 Å². The summed E-state index contributed by atoms with van der Waals surface area (Å²) in [5, 5.41) is 7.11. The van der Waals surface area contributed by atoms with Gasteiger partial charge < -0.3 is 9.84 Å². The molecule has 2 heterocycles. The Balaban J connectivity index is 1.53. The molecule has 0 spiro atoms. The molecule has 0 radical (unpaired) electrons. The van der Waals surface area contributed by atoms with E-state index in [-0.39, 0.29) is 5.91 Å². The fourth-order valence-corrected chi connectivity index (χ4v) is 3.99. The minimum absolute atomic E-state index is 0.0954. The van der Waals surface area contributed by atoms with Crippen molar-refractivity contribution in [2.75, 3.05) is 13.1 Å². The molecule has 1 aromatic heterocycles. The molecular formula is C22H31N3O2. The highest BCUT2D eigenvalue weighted by molar-refractivity contribution is 5.76. The van der Waals surface area contributed by atoms with Crippen molar-refractivity contribution in [1.82, 2.24) is 15.4 Å². The Morgan fingerprint density at radius 3 is 2.67 bits per heavy atom. The van der Waals surface area contributed by atoms with Crippen LogP contribution in [0.4, 0.5) is 0 Å². The quantitative estimate of drug-likeness (QED) is 0.812. The first-order chi connectivity index (χ1) is 13.0. The summed E-state index contributed by atoms with van der Waals surface area (Å²) >= 11 is 0. The lowest BCUT2D eigenvalue weighted by molar-refractivity contribution is -0.121. The van der Waals surface area contributed by atoms with E-state index in [2.05, 4.69) is 53.5 Å². The highest BCUT2D eigenvalue weighted by Gasteiger charge is 2.26. The zero-order valence-electron chi connectivity index (χ0n) is 16.9. The molecule has 1 amide bonds. The average Bonchev–Trinajstić information content (AvgIpc) is 2.97. The number of amides is 1. The summed E-state index contributed by atoms with van der Waals surface area (Å²) in [6.07, 6.45) is 2.23. The molecule has 0 saturated heterocycles. The minimum atomic E-state index is 0.0954. The lowest BCUT2D eigenvalue weighted by atomic mass is 9.95. The van der Waals surface area contributed by atoms with E-state index < -0.39 is 0 Å². The molecule has 1 aromatic carbocycles.